The molecule has 0 atom stereocenters. The molecule has 0 radical (unpaired) electrons. The van der Waals surface area contributed by atoms with Crippen molar-refractivity contribution in [3.05, 3.63) is 196 Å². The minimum absolute atomic E-state index is 0.0768. The van der Waals surface area contributed by atoms with Gasteiger partial charge in [0.25, 0.3) is 0 Å². The minimum Gasteiger partial charge on any atom is -0.309 e. The number of benzene rings is 9. The third-order valence-electron chi connectivity index (χ3n) is 13.3. The van der Waals surface area contributed by atoms with E-state index in [9.17, 15) is 0 Å². The van der Waals surface area contributed by atoms with E-state index in [0.717, 1.165) is 50.0 Å². The van der Waals surface area contributed by atoms with Gasteiger partial charge in [0.15, 0.2) is 10.9 Å². The Morgan fingerprint density at radius 1 is 0.361 bits per heavy atom. The van der Waals surface area contributed by atoms with Crippen molar-refractivity contribution in [2.75, 3.05) is 0 Å². The fourth-order valence-corrected chi connectivity index (χ4v) is 10.4. The lowest BCUT2D eigenvalue weighted by molar-refractivity contribution is 0.591. The van der Waals surface area contributed by atoms with Crippen LogP contribution in [0.15, 0.2) is 179 Å². The predicted octanol–water partition coefficient (Wildman–Crippen LogP) is 13.4. The van der Waals surface area contributed by atoms with Crippen molar-refractivity contribution in [3.8, 4) is 11.4 Å². The normalized spacial score (nSPS) is 12.6. The molecule has 5 nitrogen and oxygen atoms in total. The summed E-state index contributed by atoms with van der Waals surface area (Å²) in [4.78, 5) is 30.1. The van der Waals surface area contributed by atoms with E-state index in [4.69, 9.17) is 0 Å². The molecule has 61 heavy (non-hydrogen) atoms. The first-order chi connectivity index (χ1) is 29.7. The first-order valence-corrected chi connectivity index (χ1v) is 20.9. The SMILES string of the molecule is CC(C)(C)c1cc2c(=O)c3cc(-n4c5ccccc5c5c6ccccc6ccc54)ccc3n3c4ccc(-n5c6ccccc6c6c7ccccc7ccc65)cc4c(=O)c(c1)c23. The van der Waals surface area contributed by atoms with E-state index in [1.807, 2.05) is 12.1 Å². The van der Waals surface area contributed by atoms with E-state index >= 15 is 9.59 Å². The van der Waals surface area contributed by atoms with E-state index in [1.54, 1.807) is 0 Å². The zero-order chi connectivity index (χ0) is 40.9. The fraction of sp³-hybridized carbons (Fsp3) is 0.0714. The number of hydrogen-bond donors (Lipinski definition) is 0. The van der Waals surface area contributed by atoms with Gasteiger partial charge in [0.05, 0.1) is 38.6 Å². The molecular weight excluding hydrogens is 747 g/mol. The van der Waals surface area contributed by atoms with Gasteiger partial charge in [-0.3, -0.25) is 9.59 Å². The van der Waals surface area contributed by atoms with Crippen LogP contribution in [0.2, 0.25) is 0 Å². The molecule has 0 unspecified atom stereocenters. The smallest absolute Gasteiger partial charge is 0.197 e. The van der Waals surface area contributed by atoms with Gasteiger partial charge < -0.3 is 13.5 Å². The minimum atomic E-state index is -0.307. The average Bonchev–Trinajstić information content (AvgIpc) is 3.82. The Bertz CT molecular complexity index is 3940. The molecule has 4 heterocycles. The molecule has 13 rings (SSSR count). The van der Waals surface area contributed by atoms with Crippen LogP contribution in [0.3, 0.4) is 0 Å². The summed E-state index contributed by atoms with van der Waals surface area (Å²) >= 11 is 0. The van der Waals surface area contributed by atoms with Crippen LogP contribution in [0.4, 0.5) is 0 Å². The second-order valence-electron chi connectivity index (χ2n) is 17.6. The number of para-hydroxylation sites is 2. The van der Waals surface area contributed by atoms with E-state index in [0.29, 0.717) is 27.1 Å². The van der Waals surface area contributed by atoms with Crippen LogP contribution in [0.25, 0.3) is 115 Å². The Kier molecular flexibility index (Phi) is 6.67. The highest BCUT2D eigenvalue weighted by Crippen LogP contribution is 2.40. The summed E-state index contributed by atoms with van der Waals surface area (Å²) in [6.07, 6.45) is 0. The molecule has 0 aliphatic rings. The summed E-state index contributed by atoms with van der Waals surface area (Å²) in [5, 5.41) is 11.8. The molecule has 0 N–H and O–H groups in total. The van der Waals surface area contributed by atoms with Gasteiger partial charge in [-0.2, -0.15) is 0 Å². The molecule has 0 amide bonds. The van der Waals surface area contributed by atoms with Gasteiger partial charge in [-0.25, -0.2) is 0 Å². The first kappa shape index (κ1) is 34.1. The molecule has 0 fully saturated rings. The number of rotatable bonds is 2. The van der Waals surface area contributed by atoms with Crippen LogP contribution in [0, 0.1) is 0 Å². The van der Waals surface area contributed by atoms with E-state index in [2.05, 4.69) is 192 Å². The summed E-state index contributed by atoms with van der Waals surface area (Å²) in [5.74, 6) is 0. The maximum Gasteiger partial charge on any atom is 0.197 e. The average molecular weight is 784 g/mol. The molecule has 0 bridgehead atoms. The number of fused-ring (bicyclic) bond motifs is 14. The number of aromatic nitrogens is 3. The van der Waals surface area contributed by atoms with Crippen molar-refractivity contribution >= 4 is 103 Å². The molecule has 0 aliphatic carbocycles. The lowest BCUT2D eigenvalue weighted by Gasteiger charge is -2.22. The number of pyridine rings is 2. The molecule has 9 aromatic carbocycles. The highest BCUT2D eigenvalue weighted by molar-refractivity contribution is 6.23. The fourth-order valence-electron chi connectivity index (χ4n) is 10.4. The summed E-state index contributed by atoms with van der Waals surface area (Å²) in [5.41, 5.74) is 8.82. The summed E-state index contributed by atoms with van der Waals surface area (Å²) in [6.45, 7) is 6.40. The zero-order valence-corrected chi connectivity index (χ0v) is 33.8. The molecule has 0 spiro atoms. The second-order valence-corrected chi connectivity index (χ2v) is 17.6. The Morgan fingerprint density at radius 3 is 1.23 bits per heavy atom. The molecule has 0 aliphatic heterocycles. The van der Waals surface area contributed by atoms with Gasteiger partial charge in [-0.1, -0.05) is 118 Å². The quantitative estimate of drug-likeness (QED) is 0.129. The van der Waals surface area contributed by atoms with Gasteiger partial charge in [0.2, 0.25) is 0 Å². The lowest BCUT2D eigenvalue weighted by atomic mass is 9.85. The zero-order valence-electron chi connectivity index (χ0n) is 33.8. The summed E-state index contributed by atoms with van der Waals surface area (Å²) in [7, 11) is 0. The predicted molar refractivity (Wildman–Crippen MR) is 256 cm³/mol. The topological polar surface area (TPSA) is 48.4 Å². The number of nitrogens with zero attached hydrogens (tertiary/aromatic N) is 3. The third kappa shape index (κ3) is 4.55. The standard InChI is InChI=1S/C56H37N3O2/c1-56(2,3)34-28-43-53-44(29-34)55(61)42-31-36(58-46-19-11-9-17-40(46)52-38-15-7-5-13-33(38)21-25-50(52)58)23-27-48(42)59(53)47-26-22-35(30-41(47)54(43)60)57-45-18-10-8-16-39(45)51-37-14-6-4-12-32(37)20-24-49(51)57/h4-31H,1-3H3. The number of hydrogen-bond acceptors (Lipinski definition) is 2. The van der Waals surface area contributed by atoms with Gasteiger partial charge in [0, 0.05) is 54.5 Å². The van der Waals surface area contributed by atoms with Gasteiger partial charge >= 0.3 is 0 Å². The van der Waals surface area contributed by atoms with Crippen LogP contribution in [-0.4, -0.2) is 13.5 Å². The van der Waals surface area contributed by atoms with Crippen LogP contribution in [-0.2, 0) is 5.41 Å². The maximum absolute atomic E-state index is 15.1. The molecule has 5 heteroatoms. The van der Waals surface area contributed by atoms with Crippen molar-refractivity contribution in [2.45, 2.75) is 26.2 Å². The molecule has 13 aromatic rings. The molecule has 4 aromatic heterocycles. The maximum atomic E-state index is 15.1. The Balaban J connectivity index is 1.14. The summed E-state index contributed by atoms with van der Waals surface area (Å²) in [6, 6.07) is 59.3. The van der Waals surface area contributed by atoms with E-state index in [1.165, 1.54) is 43.1 Å². The van der Waals surface area contributed by atoms with E-state index < -0.39 is 0 Å². The van der Waals surface area contributed by atoms with Gasteiger partial charge in [0.1, 0.15) is 0 Å². The van der Waals surface area contributed by atoms with Crippen molar-refractivity contribution < 1.29 is 0 Å². The van der Waals surface area contributed by atoms with Gasteiger partial charge in [-0.05, 0) is 105 Å². The van der Waals surface area contributed by atoms with Crippen LogP contribution in [0.1, 0.15) is 26.3 Å². The molecule has 0 saturated heterocycles. The largest absolute Gasteiger partial charge is 0.309 e. The van der Waals surface area contributed by atoms with Crippen molar-refractivity contribution in [2.24, 2.45) is 0 Å². The van der Waals surface area contributed by atoms with Crippen molar-refractivity contribution in [1.82, 2.24) is 13.5 Å². The molecular formula is C56H37N3O2. The highest BCUT2D eigenvalue weighted by atomic mass is 16.1. The molecule has 0 saturated carbocycles. The van der Waals surface area contributed by atoms with Gasteiger partial charge in [-0.15, -0.1) is 0 Å². The Labute approximate surface area is 348 Å². The monoisotopic (exact) mass is 783 g/mol. The van der Waals surface area contributed by atoms with Crippen molar-refractivity contribution in [1.29, 1.82) is 0 Å². The first-order valence-electron chi connectivity index (χ1n) is 20.9. The highest BCUT2D eigenvalue weighted by Gasteiger charge is 2.24. The van der Waals surface area contributed by atoms with Crippen LogP contribution in [0.5, 0.6) is 0 Å². The molecule has 288 valence electrons. The third-order valence-corrected chi connectivity index (χ3v) is 13.3. The Morgan fingerprint density at radius 2 is 0.770 bits per heavy atom. The summed E-state index contributed by atoms with van der Waals surface area (Å²) < 4.78 is 6.73. The second kappa shape index (κ2) is 11.9. The van der Waals surface area contributed by atoms with E-state index in [-0.39, 0.29) is 16.3 Å². The Hall–Kier alpha value is -7.76. The van der Waals surface area contributed by atoms with Crippen molar-refractivity contribution in [3.63, 3.8) is 0 Å². The van der Waals surface area contributed by atoms with Crippen LogP contribution < -0.4 is 10.9 Å². The van der Waals surface area contributed by atoms with Crippen LogP contribution >= 0.6 is 0 Å². The lowest BCUT2D eigenvalue weighted by Crippen LogP contribution is -2.18.